The summed E-state index contributed by atoms with van der Waals surface area (Å²) in [4.78, 5) is 6.67. The number of aliphatic hydroxyl groups is 1. The monoisotopic (exact) mass is 441 g/mol. The molecule has 1 aliphatic heterocycles. The lowest BCUT2D eigenvalue weighted by Gasteiger charge is -2.51. The first-order valence-corrected chi connectivity index (χ1v) is 11.2. The molecule has 4 nitrogen and oxygen atoms in total. The van der Waals surface area contributed by atoms with Gasteiger partial charge in [-0.05, 0) is 28.8 Å². The number of hydrogen-bond donors (Lipinski definition) is 1. The van der Waals surface area contributed by atoms with Crippen LogP contribution in [0.25, 0.3) is 22.4 Å². The molecule has 0 aliphatic carbocycles. The Hall–Kier alpha value is -3.53. The predicted molar refractivity (Wildman–Crippen MR) is 125 cm³/mol. The summed E-state index contributed by atoms with van der Waals surface area (Å²) in [6, 6.07) is 26.0. The standard InChI is InChI=1S/C26H20FN3OS/c27-21-12-10-18(11-13-21)17-6-8-20(9-7-17)25-23(14-28)30(24(25)15-31)26-29-22(16-32-26)19-4-2-1-3-5-19/h1-13,16,23-25,31H,15H2/t23-,24+,25+/m1/s1. The van der Waals surface area contributed by atoms with Gasteiger partial charge >= 0.3 is 0 Å². The molecule has 3 aromatic carbocycles. The second-order valence-corrected chi connectivity index (χ2v) is 8.60. The van der Waals surface area contributed by atoms with Crippen LogP contribution in [-0.2, 0) is 0 Å². The van der Waals surface area contributed by atoms with Gasteiger partial charge in [-0.2, -0.15) is 5.26 Å². The van der Waals surface area contributed by atoms with E-state index in [-0.39, 0.29) is 24.4 Å². The lowest BCUT2D eigenvalue weighted by atomic mass is 9.76. The average Bonchev–Trinajstić information content (AvgIpc) is 3.30. The molecule has 1 aliphatic rings. The third kappa shape index (κ3) is 3.56. The van der Waals surface area contributed by atoms with Crippen molar-refractivity contribution in [3.63, 3.8) is 0 Å². The number of nitrogens with zero attached hydrogens (tertiary/aromatic N) is 3. The zero-order valence-corrected chi connectivity index (χ0v) is 17.9. The minimum absolute atomic E-state index is 0.0667. The van der Waals surface area contributed by atoms with E-state index in [2.05, 4.69) is 6.07 Å². The van der Waals surface area contributed by atoms with Crippen LogP contribution >= 0.6 is 11.3 Å². The molecule has 1 aromatic heterocycles. The first kappa shape index (κ1) is 20.4. The summed E-state index contributed by atoms with van der Waals surface area (Å²) in [5.41, 5.74) is 4.80. The number of anilines is 1. The van der Waals surface area contributed by atoms with Gasteiger partial charge in [0, 0.05) is 16.9 Å². The van der Waals surface area contributed by atoms with Gasteiger partial charge < -0.3 is 10.0 Å². The Balaban J connectivity index is 1.40. The van der Waals surface area contributed by atoms with Crippen molar-refractivity contribution in [3.8, 4) is 28.5 Å². The third-order valence-electron chi connectivity index (χ3n) is 5.99. The van der Waals surface area contributed by atoms with Gasteiger partial charge in [0.05, 0.1) is 24.4 Å². The SMILES string of the molecule is N#C[C@@H]1[C@H](c2ccc(-c3ccc(F)cc3)cc2)[C@H](CO)N1c1nc(-c2ccccc2)cs1. The first-order valence-electron chi connectivity index (χ1n) is 10.4. The van der Waals surface area contributed by atoms with Crippen LogP contribution in [0.15, 0.2) is 84.2 Å². The van der Waals surface area contributed by atoms with Crippen molar-refractivity contribution in [2.75, 3.05) is 11.5 Å². The quantitative estimate of drug-likeness (QED) is 0.446. The van der Waals surface area contributed by atoms with E-state index in [0.29, 0.717) is 0 Å². The number of aromatic nitrogens is 1. The van der Waals surface area contributed by atoms with Crippen LogP contribution in [0.2, 0.25) is 0 Å². The molecule has 0 bridgehead atoms. The minimum Gasteiger partial charge on any atom is -0.394 e. The number of aliphatic hydroxyl groups excluding tert-OH is 1. The lowest BCUT2D eigenvalue weighted by Crippen LogP contribution is -2.63. The van der Waals surface area contributed by atoms with Crippen LogP contribution in [0.4, 0.5) is 9.52 Å². The molecule has 32 heavy (non-hydrogen) atoms. The van der Waals surface area contributed by atoms with E-state index in [0.717, 1.165) is 33.1 Å². The number of halogens is 1. The molecule has 2 heterocycles. The smallest absolute Gasteiger partial charge is 0.187 e. The molecule has 0 saturated carbocycles. The van der Waals surface area contributed by atoms with Gasteiger partial charge in [-0.3, -0.25) is 0 Å². The second kappa shape index (κ2) is 8.54. The van der Waals surface area contributed by atoms with Crippen molar-refractivity contribution in [2.45, 2.75) is 18.0 Å². The summed E-state index contributed by atoms with van der Waals surface area (Å²) >= 11 is 1.49. The number of thiazole rings is 1. The van der Waals surface area contributed by atoms with E-state index in [1.54, 1.807) is 12.1 Å². The number of rotatable bonds is 5. The Morgan fingerprint density at radius 3 is 2.22 bits per heavy atom. The molecule has 158 valence electrons. The van der Waals surface area contributed by atoms with Crippen LogP contribution in [-0.4, -0.2) is 28.8 Å². The van der Waals surface area contributed by atoms with E-state index in [4.69, 9.17) is 4.98 Å². The molecule has 1 N–H and O–H groups in total. The number of nitriles is 1. The highest BCUT2D eigenvalue weighted by Gasteiger charge is 2.50. The average molecular weight is 442 g/mol. The molecule has 5 rings (SSSR count). The van der Waals surface area contributed by atoms with Crippen LogP contribution in [0, 0.1) is 17.1 Å². The van der Waals surface area contributed by atoms with Gasteiger partial charge in [0.1, 0.15) is 11.9 Å². The van der Waals surface area contributed by atoms with Crippen molar-refractivity contribution in [1.82, 2.24) is 4.98 Å². The van der Waals surface area contributed by atoms with Gasteiger partial charge in [0.2, 0.25) is 0 Å². The van der Waals surface area contributed by atoms with Gasteiger partial charge in [-0.15, -0.1) is 11.3 Å². The maximum Gasteiger partial charge on any atom is 0.187 e. The molecule has 1 saturated heterocycles. The maximum atomic E-state index is 13.2. The molecular weight excluding hydrogens is 421 g/mol. The molecule has 4 aromatic rings. The highest BCUT2D eigenvalue weighted by molar-refractivity contribution is 7.14. The molecular formula is C26H20FN3OS. The fraction of sp³-hybridized carbons (Fsp3) is 0.154. The van der Waals surface area contributed by atoms with Crippen molar-refractivity contribution >= 4 is 16.5 Å². The van der Waals surface area contributed by atoms with Crippen molar-refractivity contribution < 1.29 is 9.50 Å². The van der Waals surface area contributed by atoms with Crippen LogP contribution < -0.4 is 4.90 Å². The highest BCUT2D eigenvalue weighted by atomic mass is 32.1. The summed E-state index contributed by atoms with van der Waals surface area (Å²) in [5, 5.41) is 22.8. The van der Waals surface area contributed by atoms with Gasteiger partial charge in [0.15, 0.2) is 5.13 Å². The summed E-state index contributed by atoms with van der Waals surface area (Å²) in [5.74, 6) is -0.378. The molecule has 0 spiro atoms. The van der Waals surface area contributed by atoms with Crippen LogP contribution in [0.5, 0.6) is 0 Å². The summed E-state index contributed by atoms with van der Waals surface area (Å²) < 4.78 is 13.2. The predicted octanol–water partition coefficient (Wildman–Crippen LogP) is 5.47. The van der Waals surface area contributed by atoms with E-state index >= 15 is 0 Å². The Morgan fingerprint density at radius 2 is 1.59 bits per heavy atom. The fourth-order valence-electron chi connectivity index (χ4n) is 4.34. The second-order valence-electron chi connectivity index (χ2n) is 7.77. The third-order valence-corrected chi connectivity index (χ3v) is 6.84. The fourth-order valence-corrected chi connectivity index (χ4v) is 5.26. The number of benzene rings is 3. The Labute approximate surface area is 189 Å². The van der Waals surface area contributed by atoms with Gasteiger partial charge in [0.25, 0.3) is 0 Å². The van der Waals surface area contributed by atoms with E-state index < -0.39 is 6.04 Å². The van der Waals surface area contributed by atoms with Crippen LogP contribution in [0.3, 0.4) is 0 Å². The van der Waals surface area contributed by atoms with Gasteiger partial charge in [-0.1, -0.05) is 66.7 Å². The largest absolute Gasteiger partial charge is 0.394 e. The minimum atomic E-state index is -0.404. The van der Waals surface area contributed by atoms with E-state index in [1.807, 2.05) is 64.9 Å². The zero-order valence-electron chi connectivity index (χ0n) is 17.1. The number of hydrogen-bond acceptors (Lipinski definition) is 5. The Morgan fingerprint density at radius 1 is 0.938 bits per heavy atom. The van der Waals surface area contributed by atoms with Crippen molar-refractivity contribution in [1.29, 1.82) is 5.26 Å². The summed E-state index contributed by atoms with van der Waals surface area (Å²) in [7, 11) is 0. The Kier molecular flexibility index (Phi) is 5.44. The maximum absolute atomic E-state index is 13.2. The van der Waals surface area contributed by atoms with Crippen molar-refractivity contribution in [2.24, 2.45) is 0 Å². The first-order chi connectivity index (χ1) is 15.7. The van der Waals surface area contributed by atoms with Crippen LogP contribution in [0.1, 0.15) is 11.5 Å². The topological polar surface area (TPSA) is 60.1 Å². The molecule has 0 unspecified atom stereocenters. The van der Waals surface area contributed by atoms with Crippen molar-refractivity contribution in [3.05, 3.63) is 95.6 Å². The summed E-state index contributed by atoms with van der Waals surface area (Å²) in [6.45, 7) is -0.0667. The molecule has 0 amide bonds. The highest BCUT2D eigenvalue weighted by Crippen LogP contribution is 2.45. The Bertz CT molecular complexity index is 1250. The lowest BCUT2D eigenvalue weighted by molar-refractivity contribution is 0.187. The summed E-state index contributed by atoms with van der Waals surface area (Å²) in [6.07, 6.45) is 0. The molecule has 6 heteroatoms. The van der Waals surface area contributed by atoms with Gasteiger partial charge in [-0.25, -0.2) is 9.37 Å². The zero-order chi connectivity index (χ0) is 22.1. The van der Waals surface area contributed by atoms with E-state index in [9.17, 15) is 14.8 Å². The van der Waals surface area contributed by atoms with E-state index in [1.165, 1.54) is 23.5 Å². The molecule has 1 fully saturated rings. The molecule has 3 atom stereocenters. The molecule has 0 radical (unpaired) electrons. The normalized spacial score (nSPS) is 19.9.